The van der Waals surface area contributed by atoms with Crippen molar-refractivity contribution >= 4 is 23.2 Å². The van der Waals surface area contributed by atoms with Crippen LogP contribution in [0.1, 0.15) is 19.4 Å². The van der Waals surface area contributed by atoms with Crippen molar-refractivity contribution in [1.82, 2.24) is 9.88 Å². The predicted molar refractivity (Wildman–Crippen MR) is 97.2 cm³/mol. The van der Waals surface area contributed by atoms with Gasteiger partial charge in [-0.2, -0.15) is 0 Å². The van der Waals surface area contributed by atoms with Crippen LogP contribution in [-0.4, -0.2) is 35.8 Å². The van der Waals surface area contributed by atoms with Gasteiger partial charge in [0, 0.05) is 31.4 Å². The molecule has 0 saturated carbocycles. The number of aromatic nitrogens is 1. The van der Waals surface area contributed by atoms with Crippen LogP contribution in [0, 0.1) is 11.6 Å². The Morgan fingerprint density at radius 3 is 2.54 bits per heavy atom. The van der Waals surface area contributed by atoms with Crippen LogP contribution in [-0.2, 0) is 10.2 Å². The fourth-order valence-electron chi connectivity index (χ4n) is 2.52. The molecule has 0 spiro atoms. The molecule has 138 valence electrons. The fourth-order valence-corrected chi connectivity index (χ4v) is 2.52. The van der Waals surface area contributed by atoms with Gasteiger partial charge in [-0.05, 0) is 32.0 Å². The molecule has 2 rings (SSSR count). The number of carbonyl (C=O) groups excluding carboxylic acids is 1. The molecule has 6 nitrogen and oxygen atoms in total. The van der Waals surface area contributed by atoms with E-state index in [1.165, 1.54) is 49.5 Å². The Balaban J connectivity index is 2.38. The number of halogens is 2. The van der Waals surface area contributed by atoms with Gasteiger partial charge < -0.3 is 11.1 Å². The van der Waals surface area contributed by atoms with Crippen LogP contribution in [0.2, 0.25) is 0 Å². The Kier molecular flexibility index (Phi) is 5.54. The molecule has 0 aliphatic heterocycles. The summed E-state index contributed by atoms with van der Waals surface area (Å²) in [6.45, 7) is 3.20. The summed E-state index contributed by atoms with van der Waals surface area (Å²) in [5, 5.41) is 2.94. The number of aliphatic imine (C=N–C) groups is 1. The molecule has 1 heterocycles. The van der Waals surface area contributed by atoms with Crippen LogP contribution in [0.3, 0.4) is 0 Å². The van der Waals surface area contributed by atoms with E-state index in [9.17, 15) is 13.6 Å². The topological polar surface area (TPSA) is 83.6 Å². The van der Waals surface area contributed by atoms with Crippen molar-refractivity contribution in [3.63, 3.8) is 0 Å². The van der Waals surface area contributed by atoms with Crippen molar-refractivity contribution in [1.29, 1.82) is 0 Å². The molecule has 2 aromatic rings. The normalized spacial score (nSPS) is 12.0. The van der Waals surface area contributed by atoms with E-state index in [1.807, 2.05) is 0 Å². The first kappa shape index (κ1) is 19.3. The van der Waals surface area contributed by atoms with Crippen molar-refractivity contribution in [3.8, 4) is 0 Å². The zero-order valence-corrected chi connectivity index (χ0v) is 15.0. The first-order valence-electron chi connectivity index (χ1n) is 7.85. The van der Waals surface area contributed by atoms with Crippen molar-refractivity contribution in [2.45, 2.75) is 19.3 Å². The Hall–Kier alpha value is -3.03. The number of hydrogen-bond donors (Lipinski definition) is 2. The van der Waals surface area contributed by atoms with Gasteiger partial charge in [-0.1, -0.05) is 0 Å². The highest BCUT2D eigenvalue weighted by Crippen LogP contribution is 2.31. The maximum atomic E-state index is 14.4. The Morgan fingerprint density at radius 1 is 1.23 bits per heavy atom. The first-order valence-corrected chi connectivity index (χ1v) is 7.85. The van der Waals surface area contributed by atoms with Crippen molar-refractivity contribution < 1.29 is 13.6 Å². The lowest BCUT2D eigenvalue weighted by molar-refractivity contribution is -0.131. The van der Waals surface area contributed by atoms with Crippen LogP contribution >= 0.6 is 0 Å². The van der Waals surface area contributed by atoms with Gasteiger partial charge in [0.1, 0.15) is 11.6 Å². The number of anilines is 2. The lowest BCUT2D eigenvalue weighted by Gasteiger charge is -2.29. The van der Waals surface area contributed by atoms with Crippen molar-refractivity contribution in [3.05, 3.63) is 53.9 Å². The number of nitrogens with one attached hydrogen (secondary N) is 1. The zero-order valence-electron chi connectivity index (χ0n) is 15.0. The van der Waals surface area contributed by atoms with Crippen LogP contribution in [0.15, 0.2) is 41.7 Å². The fraction of sp³-hybridized carbons (Fsp3) is 0.278. The summed E-state index contributed by atoms with van der Waals surface area (Å²) < 4.78 is 27.7. The van der Waals surface area contributed by atoms with E-state index < -0.39 is 23.0 Å². The Labute approximate surface area is 150 Å². The molecule has 0 aliphatic rings. The second-order valence-corrected chi connectivity index (χ2v) is 6.28. The Bertz CT molecular complexity index is 851. The summed E-state index contributed by atoms with van der Waals surface area (Å²) in [7, 11) is 2.94. The number of rotatable bonds is 4. The smallest absolute Gasteiger partial charge is 0.239 e. The second-order valence-electron chi connectivity index (χ2n) is 6.28. The maximum absolute atomic E-state index is 14.4. The van der Waals surface area contributed by atoms with Crippen molar-refractivity contribution in [2.24, 2.45) is 10.7 Å². The number of amides is 1. The molecule has 8 heteroatoms. The highest BCUT2D eigenvalue weighted by atomic mass is 19.1. The molecular weight excluding hydrogens is 340 g/mol. The van der Waals surface area contributed by atoms with Gasteiger partial charge in [0.2, 0.25) is 5.91 Å². The average molecular weight is 361 g/mol. The van der Waals surface area contributed by atoms with E-state index in [2.05, 4.69) is 15.3 Å². The molecule has 1 amide bonds. The number of nitrogens with two attached hydrogens (primary N) is 1. The van der Waals surface area contributed by atoms with Gasteiger partial charge in [0.15, 0.2) is 5.96 Å². The lowest BCUT2D eigenvalue weighted by Crippen LogP contribution is -2.47. The average Bonchev–Trinajstić information content (AvgIpc) is 2.61. The van der Waals surface area contributed by atoms with E-state index in [0.29, 0.717) is 11.4 Å². The molecule has 1 aromatic carbocycles. The molecule has 0 aliphatic carbocycles. The van der Waals surface area contributed by atoms with Gasteiger partial charge in [-0.3, -0.25) is 19.7 Å². The maximum Gasteiger partial charge on any atom is 0.239 e. The molecule has 0 radical (unpaired) electrons. The van der Waals surface area contributed by atoms with Crippen LogP contribution < -0.4 is 11.1 Å². The highest BCUT2D eigenvalue weighted by Gasteiger charge is 2.36. The molecule has 0 unspecified atom stereocenters. The number of nitrogens with zero attached hydrogens (tertiary/aromatic N) is 3. The van der Waals surface area contributed by atoms with E-state index in [0.717, 1.165) is 6.20 Å². The number of likely N-dealkylation sites (N-methyl/N-ethyl adjacent to an activating group) is 1. The monoisotopic (exact) mass is 361 g/mol. The summed E-state index contributed by atoms with van der Waals surface area (Å²) in [6.07, 6.45) is 2.52. The van der Waals surface area contributed by atoms with E-state index in [-0.39, 0.29) is 11.5 Å². The van der Waals surface area contributed by atoms with Gasteiger partial charge in [0.05, 0.1) is 23.5 Å². The van der Waals surface area contributed by atoms with Crippen LogP contribution in [0.25, 0.3) is 0 Å². The predicted octanol–water partition coefficient (Wildman–Crippen LogP) is 2.78. The number of benzene rings is 1. The van der Waals surface area contributed by atoms with Crippen LogP contribution in [0.5, 0.6) is 0 Å². The molecule has 0 bridgehead atoms. The largest absolute Gasteiger partial charge is 0.369 e. The summed E-state index contributed by atoms with van der Waals surface area (Å²) in [5.74, 6) is -1.41. The second kappa shape index (κ2) is 7.47. The highest BCUT2D eigenvalue weighted by molar-refractivity contribution is 6.00. The molecular formula is C18H21F2N5O. The number of hydrogen-bond acceptors (Lipinski definition) is 4. The molecule has 3 N–H and O–H groups in total. The third kappa shape index (κ3) is 3.96. The minimum Gasteiger partial charge on any atom is -0.369 e. The summed E-state index contributed by atoms with van der Waals surface area (Å²) in [6, 6.07) is 5.51. The third-order valence-corrected chi connectivity index (χ3v) is 4.05. The molecule has 0 saturated heterocycles. The lowest BCUT2D eigenvalue weighted by atomic mass is 9.82. The van der Waals surface area contributed by atoms with Gasteiger partial charge >= 0.3 is 0 Å². The first-order chi connectivity index (χ1) is 12.2. The van der Waals surface area contributed by atoms with Gasteiger partial charge in [0.25, 0.3) is 0 Å². The van der Waals surface area contributed by atoms with Crippen molar-refractivity contribution in [2.75, 3.05) is 19.4 Å². The number of pyridine rings is 1. The zero-order chi connectivity index (χ0) is 19.5. The number of guanidine groups is 1. The molecule has 0 fully saturated rings. The van der Waals surface area contributed by atoms with E-state index in [1.54, 1.807) is 13.8 Å². The standard InChI is InChI=1S/C18H21F2N5O/c1-18(2,16(26)25(4)17(21)22-3)14-8-12(5-6-15(14)20)24-13-7-11(19)9-23-10-13/h5-10,24H,1-4H3,(H2,21,22). The minimum absolute atomic E-state index is 0.0311. The molecule has 1 aromatic heterocycles. The van der Waals surface area contributed by atoms with E-state index >= 15 is 0 Å². The third-order valence-electron chi connectivity index (χ3n) is 4.05. The number of carbonyl (C=O) groups is 1. The van der Waals surface area contributed by atoms with Crippen LogP contribution in [0.4, 0.5) is 20.2 Å². The van der Waals surface area contributed by atoms with Gasteiger partial charge in [-0.15, -0.1) is 0 Å². The van der Waals surface area contributed by atoms with E-state index in [4.69, 9.17) is 5.73 Å². The SMILES string of the molecule is CN=C(N)N(C)C(=O)C(C)(C)c1cc(Nc2cncc(F)c2)ccc1F. The minimum atomic E-state index is -1.20. The molecule has 26 heavy (non-hydrogen) atoms. The molecule has 0 atom stereocenters. The summed E-state index contributed by atoms with van der Waals surface area (Å²) in [4.78, 5) is 21.4. The quantitative estimate of drug-likeness (QED) is 0.648. The summed E-state index contributed by atoms with van der Waals surface area (Å²) in [5.41, 5.74) is 5.56. The Morgan fingerprint density at radius 2 is 1.92 bits per heavy atom. The van der Waals surface area contributed by atoms with Gasteiger partial charge in [-0.25, -0.2) is 8.78 Å². The summed E-state index contributed by atoms with van der Waals surface area (Å²) >= 11 is 0.